The van der Waals surface area contributed by atoms with Gasteiger partial charge in [-0.3, -0.25) is 4.79 Å². The fourth-order valence-corrected chi connectivity index (χ4v) is 5.12. The normalized spacial score (nSPS) is 12.6. The number of methoxy groups -OCH3 is 1. The van der Waals surface area contributed by atoms with Gasteiger partial charge in [-0.2, -0.15) is 0 Å². The average molecular weight is 388 g/mol. The number of rotatable bonds is 4. The van der Waals surface area contributed by atoms with Gasteiger partial charge in [0.05, 0.1) is 23.7 Å². The number of aromatic nitrogens is 1. The Morgan fingerprint density at radius 3 is 2.86 bits per heavy atom. The third-order valence-corrected chi connectivity index (χ3v) is 6.34. The lowest BCUT2D eigenvalue weighted by Crippen LogP contribution is -2.14. The first-order valence-corrected chi connectivity index (χ1v) is 10.2. The lowest BCUT2D eigenvalue weighted by atomic mass is 10.0. The number of hydrogen-bond acceptors (Lipinski definition) is 4. The Hall–Kier alpha value is -2.92. The van der Waals surface area contributed by atoms with Crippen molar-refractivity contribution in [3.05, 3.63) is 64.7 Å². The van der Waals surface area contributed by atoms with Gasteiger partial charge in [0.25, 0.3) is 0 Å². The van der Waals surface area contributed by atoms with Crippen LogP contribution in [0.4, 0.5) is 5.13 Å². The van der Waals surface area contributed by atoms with E-state index in [1.165, 1.54) is 21.9 Å². The number of fused-ring (bicyclic) bond motifs is 2. The van der Waals surface area contributed by atoms with E-state index in [1.54, 1.807) is 18.4 Å². The summed E-state index contributed by atoms with van der Waals surface area (Å²) in [5, 5.41) is 6.20. The van der Waals surface area contributed by atoms with Crippen molar-refractivity contribution in [1.29, 1.82) is 0 Å². The van der Waals surface area contributed by atoms with Crippen LogP contribution in [0.15, 0.2) is 42.5 Å². The quantitative estimate of drug-likeness (QED) is 0.532. The van der Waals surface area contributed by atoms with Crippen LogP contribution in [0.1, 0.15) is 22.3 Å². The molecule has 0 radical (unpaired) electrons. The van der Waals surface area contributed by atoms with Crippen molar-refractivity contribution < 1.29 is 9.53 Å². The topological polar surface area (TPSA) is 51.2 Å². The molecule has 5 rings (SSSR count). The maximum Gasteiger partial charge on any atom is 0.230 e. The molecule has 28 heavy (non-hydrogen) atoms. The number of aryl methyl sites for hydroxylation is 3. The highest BCUT2D eigenvalue weighted by molar-refractivity contribution is 7.22. The minimum absolute atomic E-state index is 0.0547. The largest absolute Gasteiger partial charge is 0.496 e. The lowest BCUT2D eigenvalue weighted by Gasteiger charge is -2.07. The van der Waals surface area contributed by atoms with Gasteiger partial charge in [-0.1, -0.05) is 41.7 Å². The van der Waals surface area contributed by atoms with E-state index in [4.69, 9.17) is 9.72 Å². The Balaban J connectivity index is 1.43. The summed E-state index contributed by atoms with van der Waals surface area (Å²) >= 11 is 1.55. The highest BCUT2D eigenvalue weighted by atomic mass is 32.1. The van der Waals surface area contributed by atoms with Crippen molar-refractivity contribution in [3.8, 4) is 5.75 Å². The number of thiazole rings is 1. The summed E-state index contributed by atoms with van der Waals surface area (Å²) < 4.78 is 6.42. The van der Waals surface area contributed by atoms with Crippen LogP contribution in [-0.4, -0.2) is 18.0 Å². The van der Waals surface area contributed by atoms with Crippen LogP contribution in [0.25, 0.3) is 21.0 Å². The summed E-state index contributed by atoms with van der Waals surface area (Å²) in [6, 6.07) is 14.5. The third-order valence-electron chi connectivity index (χ3n) is 5.42. The molecule has 0 atom stereocenters. The third kappa shape index (κ3) is 2.83. The average Bonchev–Trinajstić information content (AvgIpc) is 3.27. The second kappa shape index (κ2) is 6.60. The van der Waals surface area contributed by atoms with Gasteiger partial charge in [-0.05, 0) is 59.5 Å². The van der Waals surface area contributed by atoms with Crippen molar-refractivity contribution in [2.75, 3.05) is 12.4 Å². The van der Waals surface area contributed by atoms with Crippen molar-refractivity contribution in [2.45, 2.75) is 26.2 Å². The summed E-state index contributed by atoms with van der Waals surface area (Å²) in [5.74, 6) is 0.778. The number of amides is 1. The first-order valence-electron chi connectivity index (χ1n) is 9.40. The number of carbonyl (C=O) groups excluding carboxylic acids is 1. The number of benzene rings is 3. The van der Waals surface area contributed by atoms with E-state index < -0.39 is 0 Å². The molecule has 0 bridgehead atoms. The number of ether oxygens (including phenoxy) is 1. The maximum atomic E-state index is 12.5. The summed E-state index contributed by atoms with van der Waals surface area (Å²) in [5.41, 5.74) is 5.78. The smallest absolute Gasteiger partial charge is 0.230 e. The SMILES string of the molecule is COc1ccc(CC(=O)Nc2nc3c(cc4c5c(cccc53)CC4)s2)cc1C. The second-order valence-corrected chi connectivity index (χ2v) is 8.30. The van der Waals surface area contributed by atoms with Crippen LogP contribution < -0.4 is 10.1 Å². The molecule has 4 nitrogen and oxygen atoms in total. The molecule has 1 aliphatic rings. The number of nitrogens with one attached hydrogen (secondary N) is 1. The van der Waals surface area contributed by atoms with Gasteiger partial charge in [0.2, 0.25) is 5.91 Å². The molecular formula is C23H20N2O2S. The predicted molar refractivity (Wildman–Crippen MR) is 115 cm³/mol. The highest BCUT2D eigenvalue weighted by Gasteiger charge is 2.19. The van der Waals surface area contributed by atoms with E-state index in [1.807, 2.05) is 25.1 Å². The fourth-order valence-electron chi connectivity index (χ4n) is 4.16. The van der Waals surface area contributed by atoms with Crippen molar-refractivity contribution in [1.82, 2.24) is 4.98 Å². The van der Waals surface area contributed by atoms with Crippen LogP contribution in [0.2, 0.25) is 0 Å². The first-order chi connectivity index (χ1) is 13.6. The van der Waals surface area contributed by atoms with Gasteiger partial charge in [-0.25, -0.2) is 4.98 Å². The molecule has 0 unspecified atom stereocenters. The number of nitrogens with zero attached hydrogens (tertiary/aromatic N) is 1. The summed E-state index contributed by atoms with van der Waals surface area (Å²) in [7, 11) is 1.65. The molecule has 3 aromatic carbocycles. The second-order valence-electron chi connectivity index (χ2n) is 7.27. The molecule has 4 aromatic rings. The lowest BCUT2D eigenvalue weighted by molar-refractivity contribution is -0.115. The molecule has 140 valence electrons. The van der Waals surface area contributed by atoms with E-state index >= 15 is 0 Å². The minimum Gasteiger partial charge on any atom is -0.496 e. The van der Waals surface area contributed by atoms with Crippen molar-refractivity contribution in [2.24, 2.45) is 0 Å². The zero-order chi connectivity index (χ0) is 19.3. The molecule has 1 aromatic heterocycles. The molecule has 1 amide bonds. The molecule has 0 saturated carbocycles. The monoisotopic (exact) mass is 388 g/mol. The fraction of sp³-hybridized carbons (Fsp3) is 0.217. The Labute approximate surface area is 167 Å². The van der Waals surface area contributed by atoms with Crippen LogP contribution in [0.3, 0.4) is 0 Å². The molecule has 1 N–H and O–H groups in total. The summed E-state index contributed by atoms with van der Waals surface area (Å²) in [6.45, 7) is 1.98. The maximum absolute atomic E-state index is 12.5. The van der Waals surface area contributed by atoms with Gasteiger partial charge < -0.3 is 10.1 Å². The van der Waals surface area contributed by atoms with E-state index in [0.717, 1.165) is 39.9 Å². The predicted octanol–water partition coefficient (Wildman–Crippen LogP) is 5.05. The van der Waals surface area contributed by atoms with Crippen molar-refractivity contribution in [3.63, 3.8) is 0 Å². The van der Waals surface area contributed by atoms with E-state index in [2.05, 4.69) is 29.6 Å². The summed E-state index contributed by atoms with van der Waals surface area (Å²) in [4.78, 5) is 17.3. The molecular weight excluding hydrogens is 368 g/mol. The molecule has 0 aliphatic heterocycles. The molecule has 0 spiro atoms. The molecule has 1 heterocycles. The Morgan fingerprint density at radius 1 is 1.18 bits per heavy atom. The molecule has 0 fully saturated rings. The minimum atomic E-state index is -0.0547. The van der Waals surface area contributed by atoms with E-state index in [-0.39, 0.29) is 5.91 Å². The molecule has 5 heteroatoms. The van der Waals surface area contributed by atoms with Gasteiger partial charge in [0.1, 0.15) is 5.75 Å². The Bertz CT molecular complexity index is 1240. The number of anilines is 1. The Kier molecular flexibility index (Phi) is 4.05. The van der Waals surface area contributed by atoms with Crippen LogP contribution >= 0.6 is 11.3 Å². The van der Waals surface area contributed by atoms with E-state index in [0.29, 0.717) is 11.6 Å². The van der Waals surface area contributed by atoms with Gasteiger partial charge >= 0.3 is 0 Å². The first kappa shape index (κ1) is 17.2. The van der Waals surface area contributed by atoms with Gasteiger partial charge in [-0.15, -0.1) is 0 Å². The number of carbonyl (C=O) groups is 1. The van der Waals surface area contributed by atoms with E-state index in [9.17, 15) is 4.79 Å². The number of hydrogen-bond donors (Lipinski definition) is 1. The van der Waals surface area contributed by atoms with Gasteiger partial charge in [0, 0.05) is 5.39 Å². The van der Waals surface area contributed by atoms with Crippen LogP contribution in [0, 0.1) is 6.92 Å². The molecule has 1 aliphatic carbocycles. The highest BCUT2D eigenvalue weighted by Crippen LogP contribution is 2.39. The zero-order valence-corrected chi connectivity index (χ0v) is 16.7. The van der Waals surface area contributed by atoms with Crippen LogP contribution in [-0.2, 0) is 24.1 Å². The summed E-state index contributed by atoms with van der Waals surface area (Å²) in [6.07, 6.45) is 2.51. The van der Waals surface area contributed by atoms with Gasteiger partial charge in [0.15, 0.2) is 5.13 Å². The standard InChI is InChI=1S/C23H20N2O2S/c1-13-10-14(6-9-18(13)27-2)11-20(26)24-23-25-22-17-5-3-4-15-7-8-16(21(15)17)12-19(22)28-23/h3-6,9-10,12H,7-8,11H2,1-2H3,(H,24,25,26). The zero-order valence-electron chi connectivity index (χ0n) is 15.8. The van der Waals surface area contributed by atoms with Crippen LogP contribution in [0.5, 0.6) is 5.75 Å². The van der Waals surface area contributed by atoms with Crippen molar-refractivity contribution >= 4 is 43.4 Å². The Morgan fingerprint density at radius 2 is 2.04 bits per heavy atom. The molecule has 0 saturated heterocycles.